The second-order valence-corrected chi connectivity index (χ2v) is 9.09. The van der Waals surface area contributed by atoms with Gasteiger partial charge in [-0.2, -0.15) is 37.7 Å². The van der Waals surface area contributed by atoms with Crippen LogP contribution in [0.15, 0.2) is 35.0 Å². The van der Waals surface area contributed by atoms with Gasteiger partial charge in [-0.05, 0) is 54.3 Å². The summed E-state index contributed by atoms with van der Waals surface area (Å²) in [4.78, 5) is 24.9. The number of aliphatic carboxylic acids is 2. The van der Waals surface area contributed by atoms with Crippen LogP contribution < -0.4 is 0 Å². The Bertz CT molecular complexity index is 1010. The van der Waals surface area contributed by atoms with Gasteiger partial charge >= 0.3 is 24.3 Å². The highest BCUT2D eigenvalue weighted by molar-refractivity contribution is 7.07. The average Bonchev–Trinajstić information content (AvgIpc) is 3.48. The summed E-state index contributed by atoms with van der Waals surface area (Å²) in [5.74, 6) is -5.51. The Morgan fingerprint density at radius 2 is 1.74 bits per heavy atom. The van der Waals surface area contributed by atoms with E-state index in [0.29, 0.717) is 12.6 Å². The van der Waals surface area contributed by atoms with E-state index in [1.807, 2.05) is 25.1 Å². The van der Waals surface area contributed by atoms with Crippen molar-refractivity contribution in [2.75, 3.05) is 13.2 Å². The van der Waals surface area contributed by atoms with Crippen molar-refractivity contribution in [3.05, 3.63) is 52.0 Å². The fraction of sp³-hybridized carbons (Fsp3) is 0.522. The number of hydrogen-bond donors (Lipinski definition) is 2. The normalized spacial score (nSPS) is 21.4. The van der Waals surface area contributed by atoms with Gasteiger partial charge in [0, 0.05) is 24.8 Å². The Morgan fingerprint density at radius 1 is 1.11 bits per heavy atom. The first-order valence-electron chi connectivity index (χ1n) is 11.2. The molecule has 3 heterocycles. The summed E-state index contributed by atoms with van der Waals surface area (Å²) in [5.41, 5.74) is 3.45. The topological polar surface area (TPSA) is 109 Å². The van der Waals surface area contributed by atoms with Gasteiger partial charge in [0.25, 0.3) is 0 Å². The van der Waals surface area contributed by atoms with Crippen molar-refractivity contribution in [2.24, 2.45) is 0 Å². The van der Waals surface area contributed by atoms with Crippen LogP contribution in [0.2, 0.25) is 0 Å². The Labute approximate surface area is 217 Å². The maximum absolute atomic E-state index is 10.6. The van der Waals surface area contributed by atoms with Gasteiger partial charge in [0.15, 0.2) is 0 Å². The summed E-state index contributed by atoms with van der Waals surface area (Å²) in [5, 5.41) is 18.7. The largest absolute Gasteiger partial charge is 0.490 e. The molecule has 8 nitrogen and oxygen atoms in total. The van der Waals surface area contributed by atoms with E-state index in [2.05, 4.69) is 26.7 Å². The molecule has 1 aliphatic heterocycles. The molecule has 4 rings (SSSR count). The third-order valence-electron chi connectivity index (χ3n) is 5.49. The zero-order valence-electron chi connectivity index (χ0n) is 20.0. The number of alkyl halides is 6. The van der Waals surface area contributed by atoms with Gasteiger partial charge in [-0.15, -0.1) is 0 Å². The van der Waals surface area contributed by atoms with Gasteiger partial charge in [-0.25, -0.2) is 9.59 Å². The van der Waals surface area contributed by atoms with Crippen LogP contribution >= 0.6 is 11.3 Å². The van der Waals surface area contributed by atoms with E-state index in [1.165, 1.54) is 5.56 Å². The van der Waals surface area contributed by atoms with E-state index in [1.54, 1.807) is 11.3 Å². The Hall–Kier alpha value is -2.75. The molecule has 15 heteroatoms. The molecule has 0 amide bonds. The van der Waals surface area contributed by atoms with Crippen molar-refractivity contribution in [3.8, 4) is 0 Å². The number of hydrogen-bond acceptors (Lipinski definition) is 7. The van der Waals surface area contributed by atoms with Gasteiger partial charge in [0.05, 0.1) is 31.1 Å². The number of carbonyl (C=O) groups is 2. The highest BCUT2D eigenvalue weighted by Crippen LogP contribution is 2.33. The quantitative estimate of drug-likeness (QED) is 0.498. The van der Waals surface area contributed by atoms with Crippen LogP contribution in [0, 0.1) is 6.92 Å². The van der Waals surface area contributed by atoms with E-state index in [0.717, 1.165) is 43.9 Å². The van der Waals surface area contributed by atoms with Crippen molar-refractivity contribution < 1.29 is 55.6 Å². The molecule has 2 fully saturated rings. The maximum atomic E-state index is 10.6. The molecule has 0 radical (unpaired) electrons. The number of thiophene rings is 1. The van der Waals surface area contributed by atoms with Crippen LogP contribution in [0.25, 0.3) is 0 Å². The number of fused-ring (bicyclic) bond motifs is 1. The number of carboxylic acid groups (broad SMARTS) is 2. The third-order valence-corrected chi connectivity index (χ3v) is 6.22. The summed E-state index contributed by atoms with van der Waals surface area (Å²) in [6.07, 6.45) is -7.56. The molecule has 0 spiro atoms. The first-order chi connectivity index (χ1) is 17.7. The Morgan fingerprint density at radius 3 is 2.26 bits per heavy atom. The second-order valence-electron chi connectivity index (χ2n) is 8.31. The number of ether oxygens (including phenoxy) is 2. The molecule has 2 aromatic rings. The summed E-state index contributed by atoms with van der Waals surface area (Å²) < 4.78 is 75.7. The molecule has 1 saturated heterocycles. The molecule has 2 aromatic heterocycles. The lowest BCUT2D eigenvalue weighted by Gasteiger charge is -2.39. The number of pyridine rings is 1. The number of aryl methyl sites for hydroxylation is 1. The zero-order valence-corrected chi connectivity index (χ0v) is 20.9. The van der Waals surface area contributed by atoms with E-state index in [-0.39, 0.29) is 12.2 Å². The van der Waals surface area contributed by atoms with Gasteiger partial charge in [-0.3, -0.25) is 9.88 Å². The van der Waals surface area contributed by atoms with E-state index < -0.39 is 24.3 Å². The first kappa shape index (κ1) is 31.5. The lowest BCUT2D eigenvalue weighted by Crippen LogP contribution is -2.51. The van der Waals surface area contributed by atoms with Crippen molar-refractivity contribution in [1.29, 1.82) is 0 Å². The van der Waals surface area contributed by atoms with Crippen LogP contribution in [-0.4, -0.2) is 75.8 Å². The van der Waals surface area contributed by atoms with Crippen LogP contribution in [0.3, 0.4) is 0 Å². The summed E-state index contributed by atoms with van der Waals surface area (Å²) in [6, 6.07) is 8.79. The first-order valence-corrected chi connectivity index (χ1v) is 12.1. The predicted molar refractivity (Wildman–Crippen MR) is 122 cm³/mol. The lowest BCUT2D eigenvalue weighted by molar-refractivity contribution is -0.193. The number of rotatable bonds is 5. The van der Waals surface area contributed by atoms with E-state index >= 15 is 0 Å². The molecule has 212 valence electrons. The zero-order chi connectivity index (χ0) is 28.5. The maximum Gasteiger partial charge on any atom is 0.490 e. The number of carboxylic acids is 2. The minimum Gasteiger partial charge on any atom is -0.475 e. The molecule has 1 aliphatic carbocycles. The highest BCUT2D eigenvalue weighted by atomic mass is 32.1. The van der Waals surface area contributed by atoms with Gasteiger partial charge in [0.1, 0.15) is 0 Å². The standard InChI is InChI=1S/C19H24N2O2S.2C2HF3O2/c1-14-3-2-4-16(20-14)12-23-18-6-5-17-19(18)22-9-8-21(17)11-15-7-10-24-13-15;2*3-2(4,5)1(6)7/h2-4,7,10,13,17-19H,5-6,8-9,11-12H2,1H3;2*(H,6,7)/t17-,18+,19+;;/m0../s1. The van der Waals surface area contributed by atoms with Crippen molar-refractivity contribution in [1.82, 2.24) is 9.88 Å². The molecule has 3 atom stereocenters. The molecule has 2 aliphatic rings. The second kappa shape index (κ2) is 13.9. The predicted octanol–water partition coefficient (Wildman–Crippen LogP) is 4.67. The third kappa shape index (κ3) is 10.2. The van der Waals surface area contributed by atoms with Crippen LogP contribution in [0.5, 0.6) is 0 Å². The minimum atomic E-state index is -5.08. The van der Waals surface area contributed by atoms with Gasteiger partial charge in [-0.1, -0.05) is 6.07 Å². The smallest absolute Gasteiger partial charge is 0.475 e. The Balaban J connectivity index is 0.000000301. The summed E-state index contributed by atoms with van der Waals surface area (Å²) in [7, 11) is 0. The van der Waals surface area contributed by atoms with Crippen LogP contribution in [0.1, 0.15) is 29.8 Å². The molecular weight excluding hydrogens is 546 g/mol. The fourth-order valence-corrected chi connectivity index (χ4v) is 4.52. The molecule has 0 aromatic carbocycles. The minimum absolute atomic E-state index is 0.183. The average molecular weight is 573 g/mol. The van der Waals surface area contributed by atoms with Crippen molar-refractivity contribution in [3.63, 3.8) is 0 Å². The molecule has 0 unspecified atom stereocenters. The molecular formula is C23H26F6N2O6S. The number of aromatic nitrogens is 1. The number of morpholine rings is 1. The molecule has 38 heavy (non-hydrogen) atoms. The van der Waals surface area contributed by atoms with E-state index in [9.17, 15) is 26.3 Å². The molecule has 1 saturated carbocycles. The van der Waals surface area contributed by atoms with Crippen molar-refractivity contribution in [2.45, 2.75) is 63.5 Å². The number of nitrogens with zero attached hydrogens (tertiary/aromatic N) is 2. The lowest BCUT2D eigenvalue weighted by atomic mass is 10.1. The van der Waals surface area contributed by atoms with Crippen LogP contribution in [0.4, 0.5) is 26.3 Å². The highest BCUT2D eigenvalue weighted by Gasteiger charge is 2.43. The van der Waals surface area contributed by atoms with E-state index in [4.69, 9.17) is 29.3 Å². The summed E-state index contributed by atoms with van der Waals surface area (Å²) in [6.45, 7) is 5.43. The van der Waals surface area contributed by atoms with Gasteiger partial charge < -0.3 is 19.7 Å². The van der Waals surface area contributed by atoms with Crippen molar-refractivity contribution >= 4 is 23.3 Å². The summed E-state index contributed by atoms with van der Waals surface area (Å²) >= 11 is 1.77. The molecule has 0 bridgehead atoms. The van der Waals surface area contributed by atoms with Gasteiger partial charge in [0.2, 0.25) is 0 Å². The van der Waals surface area contributed by atoms with Crippen LogP contribution in [-0.2, 0) is 32.2 Å². The Kier molecular flexibility index (Phi) is 11.5. The molecule has 2 N–H and O–H groups in total. The fourth-order valence-electron chi connectivity index (χ4n) is 3.86. The monoisotopic (exact) mass is 572 g/mol. The number of halogens is 6. The SMILES string of the molecule is Cc1cccc(CO[C@@H]2CC[C@H]3[C@H]2OCCN3Cc2ccsc2)n1.O=C(O)C(F)(F)F.O=C(O)C(F)(F)F.